The summed E-state index contributed by atoms with van der Waals surface area (Å²) in [4.78, 5) is 0.334. The Kier molecular flexibility index (Phi) is 4.60. The van der Waals surface area contributed by atoms with Crippen LogP contribution in [0.25, 0.3) is 0 Å². The number of rotatable bonds is 5. The summed E-state index contributed by atoms with van der Waals surface area (Å²) in [7, 11) is -3.39. The molecule has 0 heterocycles. The van der Waals surface area contributed by atoms with Gasteiger partial charge in [-0.05, 0) is 48.9 Å². The van der Waals surface area contributed by atoms with E-state index in [1.54, 1.807) is 18.2 Å². The number of nitrogens with one attached hydrogen (secondary N) is 1. The molecular weight excluding hydrogens is 260 g/mol. The first kappa shape index (κ1) is 14.5. The molecule has 3 N–H and O–H groups in total. The van der Waals surface area contributed by atoms with Crippen molar-refractivity contribution in [2.75, 3.05) is 6.54 Å². The quantitative estimate of drug-likeness (QED) is 0.866. The number of aryl methyl sites for hydroxylation is 1. The molecule has 0 aromatic heterocycles. The molecule has 0 saturated heterocycles. The summed E-state index contributed by atoms with van der Waals surface area (Å²) in [6.45, 7) is 2.87. The second-order valence-electron chi connectivity index (χ2n) is 5.29. The zero-order chi connectivity index (χ0) is 13.9. The molecule has 1 saturated carbocycles. The molecule has 0 spiro atoms. The molecule has 1 fully saturated rings. The maximum absolute atomic E-state index is 12.2. The molecule has 1 aliphatic rings. The van der Waals surface area contributed by atoms with Gasteiger partial charge in [-0.1, -0.05) is 18.9 Å². The molecule has 0 radical (unpaired) electrons. The molecule has 4 nitrogen and oxygen atoms in total. The molecule has 5 heteroatoms. The van der Waals surface area contributed by atoms with Gasteiger partial charge in [-0.2, -0.15) is 0 Å². The smallest absolute Gasteiger partial charge is 0.240 e. The number of hydrogen-bond acceptors (Lipinski definition) is 3. The molecule has 19 heavy (non-hydrogen) atoms. The Morgan fingerprint density at radius 1 is 1.32 bits per heavy atom. The minimum atomic E-state index is -3.39. The second kappa shape index (κ2) is 6.03. The van der Waals surface area contributed by atoms with Crippen LogP contribution in [0.2, 0.25) is 0 Å². The largest absolute Gasteiger partial charge is 0.326 e. The zero-order valence-electron chi connectivity index (χ0n) is 11.4. The SMILES string of the molecule is Cc1cc(S(=O)(=O)NCC2CCCC2)ccc1CN. The van der Waals surface area contributed by atoms with Crippen molar-refractivity contribution in [1.29, 1.82) is 0 Å². The standard InChI is InChI=1S/C14H22N2O2S/c1-11-8-14(7-6-13(11)9-15)19(17,18)16-10-12-4-2-3-5-12/h6-8,12,16H,2-5,9-10,15H2,1H3. The van der Waals surface area contributed by atoms with Crippen molar-refractivity contribution < 1.29 is 8.42 Å². The van der Waals surface area contributed by atoms with Gasteiger partial charge in [0.05, 0.1) is 4.90 Å². The lowest BCUT2D eigenvalue weighted by Crippen LogP contribution is -2.28. The molecule has 0 atom stereocenters. The monoisotopic (exact) mass is 282 g/mol. The van der Waals surface area contributed by atoms with Crippen LogP contribution in [0.4, 0.5) is 0 Å². The zero-order valence-corrected chi connectivity index (χ0v) is 12.2. The highest BCUT2D eigenvalue weighted by atomic mass is 32.2. The van der Waals surface area contributed by atoms with Gasteiger partial charge in [0.25, 0.3) is 0 Å². The first-order chi connectivity index (χ1) is 9.03. The van der Waals surface area contributed by atoms with E-state index in [1.165, 1.54) is 12.8 Å². The lowest BCUT2D eigenvalue weighted by molar-refractivity contribution is 0.519. The minimum absolute atomic E-state index is 0.334. The van der Waals surface area contributed by atoms with Crippen molar-refractivity contribution >= 4 is 10.0 Å². The van der Waals surface area contributed by atoms with Crippen LogP contribution in [0, 0.1) is 12.8 Å². The van der Waals surface area contributed by atoms with Crippen LogP contribution in [0.15, 0.2) is 23.1 Å². The highest BCUT2D eigenvalue weighted by molar-refractivity contribution is 7.89. The van der Waals surface area contributed by atoms with Crippen LogP contribution in [0.3, 0.4) is 0 Å². The third kappa shape index (κ3) is 3.55. The van der Waals surface area contributed by atoms with Crippen LogP contribution >= 0.6 is 0 Å². The first-order valence-corrected chi connectivity index (χ1v) is 8.30. The fourth-order valence-electron chi connectivity index (χ4n) is 2.59. The first-order valence-electron chi connectivity index (χ1n) is 6.82. The molecule has 1 aromatic rings. The predicted molar refractivity (Wildman–Crippen MR) is 76.2 cm³/mol. The number of nitrogens with two attached hydrogens (primary N) is 1. The summed E-state index contributed by atoms with van der Waals surface area (Å²) >= 11 is 0. The third-order valence-corrected chi connectivity index (χ3v) is 5.30. The van der Waals surface area contributed by atoms with E-state index in [2.05, 4.69) is 4.72 Å². The van der Waals surface area contributed by atoms with Gasteiger partial charge < -0.3 is 5.73 Å². The minimum Gasteiger partial charge on any atom is -0.326 e. The Hall–Kier alpha value is -0.910. The van der Waals surface area contributed by atoms with Crippen LogP contribution in [0.1, 0.15) is 36.8 Å². The number of sulfonamides is 1. The Morgan fingerprint density at radius 3 is 2.58 bits per heavy atom. The van der Waals surface area contributed by atoms with Crippen LogP contribution in [0.5, 0.6) is 0 Å². The summed E-state index contributed by atoms with van der Waals surface area (Å²) in [5.74, 6) is 0.499. The highest BCUT2D eigenvalue weighted by Crippen LogP contribution is 2.24. The van der Waals surface area contributed by atoms with Crippen LogP contribution in [-0.2, 0) is 16.6 Å². The molecular formula is C14H22N2O2S. The molecule has 1 aromatic carbocycles. The van der Waals surface area contributed by atoms with Gasteiger partial charge in [0.1, 0.15) is 0 Å². The van der Waals surface area contributed by atoms with E-state index in [9.17, 15) is 8.42 Å². The maximum Gasteiger partial charge on any atom is 0.240 e. The molecule has 0 bridgehead atoms. The van der Waals surface area contributed by atoms with Gasteiger partial charge in [-0.15, -0.1) is 0 Å². The fourth-order valence-corrected chi connectivity index (χ4v) is 3.79. The van der Waals surface area contributed by atoms with E-state index in [-0.39, 0.29) is 0 Å². The second-order valence-corrected chi connectivity index (χ2v) is 7.06. The van der Waals surface area contributed by atoms with Crippen molar-refractivity contribution in [2.24, 2.45) is 11.7 Å². The summed E-state index contributed by atoms with van der Waals surface area (Å²) in [6.07, 6.45) is 4.70. The van der Waals surface area contributed by atoms with Crippen LogP contribution < -0.4 is 10.5 Å². The molecule has 2 rings (SSSR count). The predicted octanol–water partition coefficient (Wildman–Crippen LogP) is 1.92. The van der Waals surface area contributed by atoms with E-state index in [4.69, 9.17) is 5.73 Å². The lowest BCUT2D eigenvalue weighted by Gasteiger charge is -2.12. The average Bonchev–Trinajstić information content (AvgIpc) is 2.89. The molecule has 106 valence electrons. The van der Waals surface area contributed by atoms with E-state index in [0.717, 1.165) is 24.0 Å². The van der Waals surface area contributed by atoms with E-state index in [0.29, 0.717) is 23.9 Å². The van der Waals surface area contributed by atoms with Gasteiger partial charge in [0.15, 0.2) is 0 Å². The lowest BCUT2D eigenvalue weighted by atomic mass is 10.1. The van der Waals surface area contributed by atoms with Crippen molar-refractivity contribution in [1.82, 2.24) is 4.72 Å². The topological polar surface area (TPSA) is 72.2 Å². The van der Waals surface area contributed by atoms with E-state index >= 15 is 0 Å². The molecule has 1 aliphatic carbocycles. The van der Waals surface area contributed by atoms with Gasteiger partial charge in [0, 0.05) is 13.1 Å². The summed E-state index contributed by atoms with van der Waals surface area (Å²) in [6, 6.07) is 5.12. The average molecular weight is 282 g/mol. The van der Waals surface area contributed by atoms with Gasteiger partial charge in [-0.3, -0.25) is 0 Å². The Labute approximate surface area is 115 Å². The van der Waals surface area contributed by atoms with Gasteiger partial charge in [-0.25, -0.2) is 13.1 Å². The van der Waals surface area contributed by atoms with Gasteiger partial charge >= 0.3 is 0 Å². The van der Waals surface area contributed by atoms with E-state index < -0.39 is 10.0 Å². The van der Waals surface area contributed by atoms with Crippen molar-refractivity contribution in [3.05, 3.63) is 29.3 Å². The number of benzene rings is 1. The molecule has 0 amide bonds. The fraction of sp³-hybridized carbons (Fsp3) is 0.571. The van der Waals surface area contributed by atoms with Crippen molar-refractivity contribution in [2.45, 2.75) is 44.0 Å². The van der Waals surface area contributed by atoms with Gasteiger partial charge in [0.2, 0.25) is 10.0 Å². The Bertz CT molecular complexity index is 534. The third-order valence-electron chi connectivity index (χ3n) is 3.88. The summed E-state index contributed by atoms with van der Waals surface area (Å²) < 4.78 is 27.1. The Balaban J connectivity index is 2.08. The van der Waals surface area contributed by atoms with Crippen molar-refractivity contribution in [3.8, 4) is 0 Å². The summed E-state index contributed by atoms with van der Waals surface area (Å²) in [5.41, 5.74) is 7.49. The Morgan fingerprint density at radius 2 is 2.00 bits per heavy atom. The highest BCUT2D eigenvalue weighted by Gasteiger charge is 2.20. The maximum atomic E-state index is 12.2. The van der Waals surface area contributed by atoms with Crippen LogP contribution in [-0.4, -0.2) is 15.0 Å². The molecule has 0 aliphatic heterocycles. The number of hydrogen-bond donors (Lipinski definition) is 2. The molecule has 0 unspecified atom stereocenters. The van der Waals surface area contributed by atoms with E-state index in [1.807, 2.05) is 6.92 Å². The summed E-state index contributed by atoms with van der Waals surface area (Å²) in [5, 5.41) is 0. The normalized spacial score (nSPS) is 16.9. The van der Waals surface area contributed by atoms with Crippen molar-refractivity contribution in [3.63, 3.8) is 0 Å².